The number of amides is 2. The Balaban J connectivity index is 1.20. The van der Waals surface area contributed by atoms with Gasteiger partial charge in [0.15, 0.2) is 11.5 Å². The molecular weight excluding hydrogens is 368 g/mol. The zero-order chi connectivity index (χ0) is 19.8. The highest BCUT2D eigenvalue weighted by Gasteiger charge is 2.38. The summed E-state index contributed by atoms with van der Waals surface area (Å²) in [6.07, 6.45) is 9.11. The summed E-state index contributed by atoms with van der Waals surface area (Å²) in [5, 5.41) is 3.27. The highest BCUT2D eigenvalue weighted by Crippen LogP contribution is 2.41. The number of hydrogen-bond donors (Lipinski definition) is 1. The standard InChI is InChI=1S/C23H30N2O4/c26-22-12-17(14-25(22)19-7-8-20-21(13-19)29-10-9-28-20)23(27)24-18-6-5-15-3-1-2-4-16(15)11-18/h7-8,13,15-18H,1-6,9-12,14H2,(H,24,27)/t15-,16+,17-,18-/m0/s1. The van der Waals surface area contributed by atoms with E-state index >= 15 is 0 Å². The molecule has 0 bridgehead atoms. The molecule has 1 N–H and O–H groups in total. The van der Waals surface area contributed by atoms with Crippen molar-refractivity contribution >= 4 is 17.5 Å². The quantitative estimate of drug-likeness (QED) is 0.848. The molecule has 4 aliphatic rings. The zero-order valence-electron chi connectivity index (χ0n) is 16.9. The van der Waals surface area contributed by atoms with Crippen LogP contribution in [0.2, 0.25) is 0 Å². The van der Waals surface area contributed by atoms with Gasteiger partial charge in [-0.2, -0.15) is 0 Å². The maximum absolute atomic E-state index is 12.9. The maximum Gasteiger partial charge on any atom is 0.227 e. The molecule has 6 nitrogen and oxygen atoms in total. The Morgan fingerprint density at radius 1 is 1.00 bits per heavy atom. The molecule has 1 saturated heterocycles. The molecule has 6 heteroatoms. The topological polar surface area (TPSA) is 67.9 Å². The number of hydrogen-bond acceptors (Lipinski definition) is 4. The summed E-state index contributed by atoms with van der Waals surface area (Å²) in [5.41, 5.74) is 0.775. The molecule has 3 fully saturated rings. The Morgan fingerprint density at radius 2 is 1.79 bits per heavy atom. The van der Waals surface area contributed by atoms with Gasteiger partial charge in [-0.05, 0) is 43.2 Å². The van der Waals surface area contributed by atoms with Gasteiger partial charge < -0.3 is 19.7 Å². The smallest absolute Gasteiger partial charge is 0.227 e. The van der Waals surface area contributed by atoms with Crippen LogP contribution in [0.5, 0.6) is 11.5 Å². The number of nitrogens with one attached hydrogen (secondary N) is 1. The van der Waals surface area contributed by atoms with Gasteiger partial charge in [0.1, 0.15) is 13.2 Å². The van der Waals surface area contributed by atoms with Crippen LogP contribution >= 0.6 is 0 Å². The van der Waals surface area contributed by atoms with Crippen LogP contribution in [0.4, 0.5) is 5.69 Å². The van der Waals surface area contributed by atoms with Gasteiger partial charge in [0.05, 0.1) is 5.92 Å². The first kappa shape index (κ1) is 18.8. The number of ether oxygens (including phenoxy) is 2. The summed E-state index contributed by atoms with van der Waals surface area (Å²) in [7, 11) is 0. The van der Waals surface area contributed by atoms with Crippen molar-refractivity contribution in [3.05, 3.63) is 18.2 Å². The van der Waals surface area contributed by atoms with Crippen LogP contribution in [0, 0.1) is 17.8 Å². The number of rotatable bonds is 3. The second kappa shape index (κ2) is 7.88. The van der Waals surface area contributed by atoms with Crippen LogP contribution in [-0.4, -0.2) is 37.6 Å². The Kier molecular flexibility index (Phi) is 5.10. The number of carbonyl (C=O) groups is 2. The molecule has 0 spiro atoms. The normalized spacial score (nSPS) is 31.3. The van der Waals surface area contributed by atoms with Gasteiger partial charge in [0.25, 0.3) is 0 Å². The molecule has 1 aromatic carbocycles. The Bertz CT molecular complexity index is 795. The fourth-order valence-corrected chi connectivity index (χ4v) is 5.66. The molecule has 29 heavy (non-hydrogen) atoms. The average Bonchev–Trinajstić information content (AvgIpc) is 3.15. The monoisotopic (exact) mass is 398 g/mol. The maximum atomic E-state index is 12.9. The van der Waals surface area contributed by atoms with Crippen LogP contribution < -0.4 is 19.7 Å². The van der Waals surface area contributed by atoms with E-state index in [0.717, 1.165) is 30.4 Å². The Labute approximate surface area is 171 Å². The molecule has 2 aliphatic heterocycles. The lowest BCUT2D eigenvalue weighted by Crippen LogP contribution is -2.44. The number of carbonyl (C=O) groups excluding carboxylic acids is 2. The fraction of sp³-hybridized carbons (Fsp3) is 0.652. The van der Waals surface area contributed by atoms with E-state index in [9.17, 15) is 9.59 Å². The van der Waals surface area contributed by atoms with E-state index in [1.807, 2.05) is 18.2 Å². The molecule has 2 saturated carbocycles. The summed E-state index contributed by atoms with van der Waals surface area (Å²) in [6, 6.07) is 5.83. The molecule has 2 heterocycles. The van der Waals surface area contributed by atoms with Crippen molar-refractivity contribution in [2.45, 2.75) is 57.4 Å². The predicted octanol–water partition coefficient (Wildman–Crippen LogP) is 3.29. The average molecular weight is 399 g/mol. The largest absolute Gasteiger partial charge is 0.486 e. The highest BCUT2D eigenvalue weighted by atomic mass is 16.6. The van der Waals surface area contributed by atoms with E-state index in [1.54, 1.807) is 4.90 Å². The van der Waals surface area contributed by atoms with Crippen molar-refractivity contribution in [1.82, 2.24) is 5.32 Å². The van der Waals surface area contributed by atoms with Crippen LogP contribution in [0.25, 0.3) is 0 Å². The number of nitrogens with zero attached hydrogens (tertiary/aromatic N) is 1. The molecule has 5 rings (SSSR count). The van der Waals surface area contributed by atoms with E-state index in [-0.39, 0.29) is 30.2 Å². The molecule has 2 amide bonds. The van der Waals surface area contributed by atoms with E-state index in [4.69, 9.17) is 9.47 Å². The van der Waals surface area contributed by atoms with E-state index in [2.05, 4.69) is 5.32 Å². The SMILES string of the molecule is O=C(N[C@H]1CC[C@@H]2CCCC[C@@H]2C1)[C@H]1CC(=O)N(c2ccc3c(c2)OCCO3)C1. The highest BCUT2D eigenvalue weighted by molar-refractivity contribution is 6.00. The third-order valence-electron chi connectivity index (χ3n) is 7.22. The first-order valence-corrected chi connectivity index (χ1v) is 11.2. The molecule has 0 radical (unpaired) electrons. The van der Waals surface area contributed by atoms with Crippen molar-refractivity contribution in [3.63, 3.8) is 0 Å². The molecule has 0 unspecified atom stereocenters. The zero-order valence-corrected chi connectivity index (χ0v) is 16.9. The van der Waals surface area contributed by atoms with Gasteiger partial charge >= 0.3 is 0 Å². The second-order valence-corrected chi connectivity index (χ2v) is 9.06. The molecule has 4 atom stereocenters. The van der Waals surface area contributed by atoms with Crippen molar-refractivity contribution in [2.75, 3.05) is 24.7 Å². The van der Waals surface area contributed by atoms with Crippen molar-refractivity contribution < 1.29 is 19.1 Å². The minimum absolute atomic E-state index is 0.00202. The minimum Gasteiger partial charge on any atom is -0.486 e. The van der Waals surface area contributed by atoms with Gasteiger partial charge in [0.2, 0.25) is 11.8 Å². The summed E-state index contributed by atoms with van der Waals surface area (Å²) in [6.45, 7) is 1.49. The molecule has 1 aromatic rings. The van der Waals surface area contributed by atoms with Gasteiger partial charge in [-0.1, -0.05) is 25.7 Å². The second-order valence-electron chi connectivity index (χ2n) is 9.06. The summed E-state index contributed by atoms with van der Waals surface area (Å²) in [5.74, 6) is 2.78. The van der Waals surface area contributed by atoms with Crippen molar-refractivity contribution in [3.8, 4) is 11.5 Å². The van der Waals surface area contributed by atoms with Crippen molar-refractivity contribution in [1.29, 1.82) is 0 Å². The Hall–Kier alpha value is -2.24. The fourth-order valence-electron chi connectivity index (χ4n) is 5.66. The minimum atomic E-state index is -0.278. The van der Waals surface area contributed by atoms with Crippen LogP contribution in [0.15, 0.2) is 18.2 Å². The number of fused-ring (bicyclic) bond motifs is 2. The van der Waals surface area contributed by atoms with Gasteiger partial charge in [-0.15, -0.1) is 0 Å². The lowest BCUT2D eigenvalue weighted by Gasteiger charge is -2.39. The molecular formula is C23H30N2O4. The lowest BCUT2D eigenvalue weighted by molar-refractivity contribution is -0.127. The Morgan fingerprint density at radius 3 is 2.66 bits per heavy atom. The third-order valence-corrected chi connectivity index (χ3v) is 7.22. The van der Waals surface area contributed by atoms with E-state index < -0.39 is 0 Å². The van der Waals surface area contributed by atoms with Gasteiger partial charge in [0, 0.05) is 30.8 Å². The number of benzene rings is 1. The van der Waals surface area contributed by atoms with E-state index in [0.29, 0.717) is 31.3 Å². The van der Waals surface area contributed by atoms with Crippen molar-refractivity contribution in [2.24, 2.45) is 17.8 Å². The van der Waals surface area contributed by atoms with Crippen LogP contribution in [-0.2, 0) is 9.59 Å². The van der Waals surface area contributed by atoms with Gasteiger partial charge in [-0.3, -0.25) is 9.59 Å². The predicted molar refractivity (Wildman–Crippen MR) is 109 cm³/mol. The van der Waals surface area contributed by atoms with Crippen LogP contribution in [0.3, 0.4) is 0 Å². The first-order valence-electron chi connectivity index (χ1n) is 11.2. The van der Waals surface area contributed by atoms with Crippen LogP contribution in [0.1, 0.15) is 51.4 Å². The third kappa shape index (κ3) is 3.81. The summed E-state index contributed by atoms with van der Waals surface area (Å²) in [4.78, 5) is 27.2. The van der Waals surface area contributed by atoms with E-state index in [1.165, 1.54) is 32.1 Å². The molecule has 0 aromatic heterocycles. The first-order chi connectivity index (χ1) is 14.2. The number of anilines is 1. The summed E-state index contributed by atoms with van der Waals surface area (Å²) >= 11 is 0. The molecule has 2 aliphatic carbocycles. The van der Waals surface area contributed by atoms with Gasteiger partial charge in [-0.25, -0.2) is 0 Å². The molecule has 156 valence electrons. The summed E-state index contributed by atoms with van der Waals surface area (Å²) < 4.78 is 11.2. The lowest BCUT2D eigenvalue weighted by atomic mass is 9.69.